The molecule has 7 heteroatoms. The number of nitrogens with zero attached hydrogens (tertiary/aromatic N) is 3. The number of rotatable bonds is 2. The molecule has 1 N–H and O–H groups in total. The highest BCUT2D eigenvalue weighted by atomic mass is 32.1. The lowest BCUT2D eigenvalue weighted by molar-refractivity contribution is -0.384. The van der Waals surface area contributed by atoms with Gasteiger partial charge in [-0.3, -0.25) is 0 Å². The van der Waals surface area contributed by atoms with Gasteiger partial charge in [-0.2, -0.15) is 0 Å². The lowest BCUT2D eigenvalue weighted by Gasteiger charge is -1.81. The average molecular weight is 173 g/mol. The highest BCUT2D eigenvalue weighted by molar-refractivity contribution is 7.16. The van der Waals surface area contributed by atoms with Crippen LogP contribution in [0.4, 0.5) is 5.13 Å². The van der Waals surface area contributed by atoms with Crippen molar-refractivity contribution in [3.63, 3.8) is 0 Å². The van der Waals surface area contributed by atoms with Crippen molar-refractivity contribution in [2.75, 3.05) is 0 Å². The van der Waals surface area contributed by atoms with Gasteiger partial charge in [-0.1, -0.05) is 5.16 Å². The van der Waals surface area contributed by atoms with Crippen LogP contribution in [0.2, 0.25) is 0 Å². The number of oxime groups is 1. The van der Waals surface area contributed by atoms with Gasteiger partial charge in [-0.15, -0.1) is 0 Å². The molecule has 11 heavy (non-hydrogen) atoms. The zero-order valence-corrected chi connectivity index (χ0v) is 5.98. The number of hydrogen-bond acceptors (Lipinski definition) is 6. The van der Waals surface area contributed by atoms with Crippen molar-refractivity contribution in [2.45, 2.75) is 0 Å². The van der Waals surface area contributed by atoms with Crippen molar-refractivity contribution in [1.29, 1.82) is 0 Å². The minimum Gasteiger partial charge on any atom is -0.411 e. The standard InChI is InChI=1S/C4H3N3O3S/c8-6-2-3-1-5-4(11-3)7(9)10/h1-2,8H/b6-2+. The van der Waals surface area contributed by atoms with E-state index < -0.39 is 4.92 Å². The number of nitro groups is 1. The molecular formula is C4H3N3O3S. The number of aromatic nitrogens is 1. The summed E-state index contributed by atoms with van der Waals surface area (Å²) in [5, 5.41) is 20.6. The van der Waals surface area contributed by atoms with Gasteiger partial charge < -0.3 is 15.3 Å². The van der Waals surface area contributed by atoms with Crippen molar-refractivity contribution in [1.82, 2.24) is 4.98 Å². The fourth-order valence-corrected chi connectivity index (χ4v) is 1.07. The number of hydrogen-bond donors (Lipinski definition) is 1. The van der Waals surface area contributed by atoms with E-state index in [0.717, 1.165) is 17.6 Å². The van der Waals surface area contributed by atoms with E-state index in [1.54, 1.807) is 0 Å². The quantitative estimate of drug-likeness (QED) is 0.311. The van der Waals surface area contributed by atoms with E-state index in [1.807, 2.05) is 0 Å². The van der Waals surface area contributed by atoms with Gasteiger partial charge in [0, 0.05) is 0 Å². The van der Waals surface area contributed by atoms with Crippen LogP contribution < -0.4 is 0 Å². The Labute approximate surface area is 65.0 Å². The van der Waals surface area contributed by atoms with Crippen LogP contribution in [-0.2, 0) is 0 Å². The summed E-state index contributed by atoms with van der Waals surface area (Å²) in [6, 6.07) is 0. The lowest BCUT2D eigenvalue weighted by Crippen LogP contribution is -1.83. The summed E-state index contributed by atoms with van der Waals surface area (Å²) in [4.78, 5) is 13.4. The molecule has 0 aliphatic carbocycles. The summed E-state index contributed by atoms with van der Waals surface area (Å²) >= 11 is 0.846. The Morgan fingerprint density at radius 2 is 2.64 bits per heavy atom. The van der Waals surface area contributed by atoms with Gasteiger partial charge in [0.15, 0.2) is 6.20 Å². The third-order valence-corrected chi connectivity index (χ3v) is 1.74. The maximum absolute atomic E-state index is 10.1. The molecule has 1 aromatic heterocycles. The molecule has 0 amide bonds. The lowest BCUT2D eigenvalue weighted by atomic mass is 10.6. The van der Waals surface area contributed by atoms with Crippen molar-refractivity contribution in [2.24, 2.45) is 5.16 Å². The van der Waals surface area contributed by atoms with Gasteiger partial charge in [0.25, 0.3) is 0 Å². The first-order chi connectivity index (χ1) is 5.24. The molecule has 58 valence electrons. The Hall–Kier alpha value is -1.50. The molecule has 0 fully saturated rings. The molecule has 0 spiro atoms. The number of thiazole rings is 1. The van der Waals surface area contributed by atoms with E-state index in [9.17, 15) is 10.1 Å². The van der Waals surface area contributed by atoms with E-state index in [2.05, 4.69) is 10.1 Å². The SMILES string of the molecule is O=[N+]([O-])c1ncc(/C=N/O)s1. The fraction of sp³-hybridized carbons (Fsp3) is 0. The zero-order valence-electron chi connectivity index (χ0n) is 5.17. The Balaban J connectivity index is 2.90. The molecule has 0 saturated heterocycles. The molecular weight excluding hydrogens is 170 g/mol. The normalized spacial score (nSPS) is 10.5. The second-order valence-corrected chi connectivity index (χ2v) is 2.59. The fourth-order valence-electron chi connectivity index (χ4n) is 0.478. The van der Waals surface area contributed by atoms with E-state index in [-0.39, 0.29) is 5.13 Å². The molecule has 0 unspecified atom stereocenters. The molecule has 1 heterocycles. The van der Waals surface area contributed by atoms with Gasteiger partial charge in [-0.25, -0.2) is 0 Å². The van der Waals surface area contributed by atoms with Crippen molar-refractivity contribution < 1.29 is 10.1 Å². The van der Waals surface area contributed by atoms with Crippen LogP contribution in [0.5, 0.6) is 0 Å². The summed E-state index contributed by atoms with van der Waals surface area (Å²) in [5.74, 6) is 0. The summed E-state index contributed by atoms with van der Waals surface area (Å²) < 4.78 is 0. The van der Waals surface area contributed by atoms with Crippen LogP contribution in [0.3, 0.4) is 0 Å². The predicted octanol–water partition coefficient (Wildman–Crippen LogP) is 0.859. The monoisotopic (exact) mass is 173 g/mol. The minimum absolute atomic E-state index is 0.208. The summed E-state index contributed by atoms with van der Waals surface area (Å²) in [6.45, 7) is 0. The highest BCUT2D eigenvalue weighted by Crippen LogP contribution is 2.17. The van der Waals surface area contributed by atoms with E-state index in [1.165, 1.54) is 6.20 Å². The molecule has 0 aromatic carbocycles. The first kappa shape index (κ1) is 7.61. The highest BCUT2D eigenvalue weighted by Gasteiger charge is 2.10. The summed E-state index contributed by atoms with van der Waals surface area (Å²) in [6.07, 6.45) is 2.35. The van der Waals surface area contributed by atoms with Crippen molar-refractivity contribution >= 4 is 22.7 Å². The Morgan fingerprint density at radius 1 is 1.91 bits per heavy atom. The van der Waals surface area contributed by atoms with Crippen molar-refractivity contribution in [3.05, 3.63) is 21.2 Å². The van der Waals surface area contributed by atoms with Crippen LogP contribution in [0, 0.1) is 10.1 Å². The maximum atomic E-state index is 10.1. The van der Waals surface area contributed by atoms with Crippen molar-refractivity contribution in [3.8, 4) is 0 Å². The molecule has 0 radical (unpaired) electrons. The maximum Gasteiger partial charge on any atom is 0.423 e. The van der Waals surface area contributed by atoms with E-state index >= 15 is 0 Å². The Bertz CT molecular complexity index is 295. The first-order valence-corrected chi connectivity index (χ1v) is 3.33. The molecule has 0 bridgehead atoms. The Kier molecular flexibility index (Phi) is 2.12. The Morgan fingerprint density at radius 3 is 3.09 bits per heavy atom. The smallest absolute Gasteiger partial charge is 0.411 e. The molecule has 0 aliphatic heterocycles. The van der Waals surface area contributed by atoms with Crippen LogP contribution in [0.15, 0.2) is 11.4 Å². The first-order valence-electron chi connectivity index (χ1n) is 2.51. The molecule has 0 aliphatic rings. The van der Waals surface area contributed by atoms with Gasteiger partial charge in [0.05, 0.1) is 6.21 Å². The van der Waals surface area contributed by atoms with Crippen LogP contribution >= 0.6 is 11.3 Å². The third kappa shape index (κ3) is 1.71. The van der Waals surface area contributed by atoms with Crippen LogP contribution in [0.25, 0.3) is 0 Å². The van der Waals surface area contributed by atoms with Crippen LogP contribution in [-0.4, -0.2) is 21.3 Å². The second-order valence-electron chi connectivity index (χ2n) is 1.55. The van der Waals surface area contributed by atoms with Gasteiger partial charge in [0.2, 0.25) is 0 Å². The van der Waals surface area contributed by atoms with Gasteiger partial charge >= 0.3 is 5.13 Å². The molecule has 0 atom stereocenters. The van der Waals surface area contributed by atoms with Crippen LogP contribution in [0.1, 0.15) is 4.88 Å². The largest absolute Gasteiger partial charge is 0.423 e. The molecule has 1 aromatic rings. The van der Waals surface area contributed by atoms with Gasteiger partial charge in [0.1, 0.15) is 4.88 Å². The van der Waals surface area contributed by atoms with E-state index in [4.69, 9.17) is 5.21 Å². The molecule has 0 saturated carbocycles. The minimum atomic E-state index is -0.598. The zero-order chi connectivity index (χ0) is 8.27. The van der Waals surface area contributed by atoms with E-state index in [0.29, 0.717) is 4.88 Å². The average Bonchev–Trinajstić information content (AvgIpc) is 2.37. The summed E-state index contributed by atoms with van der Waals surface area (Å²) in [5.41, 5.74) is 0. The predicted molar refractivity (Wildman–Crippen MR) is 38.1 cm³/mol. The molecule has 6 nitrogen and oxygen atoms in total. The topological polar surface area (TPSA) is 88.6 Å². The second kappa shape index (κ2) is 3.06. The summed E-state index contributed by atoms with van der Waals surface area (Å²) in [7, 11) is 0. The van der Waals surface area contributed by atoms with Gasteiger partial charge in [-0.05, 0) is 21.2 Å². The molecule has 1 rings (SSSR count). The third-order valence-electron chi connectivity index (χ3n) is 0.853.